The third-order valence-electron chi connectivity index (χ3n) is 3.47. The minimum Gasteiger partial charge on any atom is -0.330 e. The van der Waals surface area contributed by atoms with E-state index in [0.29, 0.717) is 5.92 Å². The predicted molar refractivity (Wildman–Crippen MR) is 77.9 cm³/mol. The summed E-state index contributed by atoms with van der Waals surface area (Å²) in [6.07, 6.45) is 4.97. The predicted octanol–water partition coefficient (Wildman–Crippen LogP) is 3.55. The van der Waals surface area contributed by atoms with Crippen LogP contribution < -0.4 is 5.73 Å². The highest BCUT2D eigenvalue weighted by atomic mass is 32.2. The standard InChI is InChI=1S/C13H22N2S2/c1-3-9(2)16-8-12-15-13-10(7-14)5-4-6-11(13)17-12/h9-10H,3-8,14H2,1-2H3. The lowest BCUT2D eigenvalue weighted by atomic mass is 9.91. The molecular weight excluding hydrogens is 248 g/mol. The van der Waals surface area contributed by atoms with Gasteiger partial charge in [0.25, 0.3) is 0 Å². The second-order valence-electron chi connectivity index (χ2n) is 4.77. The van der Waals surface area contributed by atoms with Gasteiger partial charge in [-0.15, -0.1) is 11.3 Å². The van der Waals surface area contributed by atoms with Crippen LogP contribution in [-0.4, -0.2) is 16.8 Å². The van der Waals surface area contributed by atoms with Gasteiger partial charge in [-0.05, 0) is 25.7 Å². The summed E-state index contributed by atoms with van der Waals surface area (Å²) in [5, 5.41) is 2.04. The molecule has 0 amide bonds. The summed E-state index contributed by atoms with van der Waals surface area (Å²) in [7, 11) is 0. The molecule has 0 saturated carbocycles. The quantitative estimate of drug-likeness (QED) is 0.889. The average molecular weight is 270 g/mol. The van der Waals surface area contributed by atoms with E-state index in [0.717, 1.165) is 17.5 Å². The van der Waals surface area contributed by atoms with Gasteiger partial charge in [-0.3, -0.25) is 0 Å². The summed E-state index contributed by atoms with van der Waals surface area (Å²) in [5.41, 5.74) is 7.15. The van der Waals surface area contributed by atoms with Gasteiger partial charge in [0.2, 0.25) is 0 Å². The molecule has 1 aromatic heterocycles. The molecule has 1 aliphatic carbocycles. The number of aromatic nitrogens is 1. The molecule has 1 aliphatic rings. The van der Waals surface area contributed by atoms with E-state index in [1.807, 2.05) is 23.1 Å². The normalized spacial score (nSPS) is 21.2. The Bertz CT molecular complexity index is 362. The van der Waals surface area contributed by atoms with Crippen LogP contribution in [0.25, 0.3) is 0 Å². The molecule has 2 unspecified atom stereocenters. The van der Waals surface area contributed by atoms with E-state index < -0.39 is 0 Å². The first-order valence-corrected chi connectivity index (χ1v) is 8.41. The lowest BCUT2D eigenvalue weighted by Crippen LogP contribution is -2.17. The molecule has 1 heterocycles. The second-order valence-corrected chi connectivity index (χ2v) is 7.37. The summed E-state index contributed by atoms with van der Waals surface area (Å²) in [6, 6.07) is 0. The van der Waals surface area contributed by atoms with Crippen molar-refractivity contribution in [2.45, 2.75) is 56.5 Å². The molecule has 2 atom stereocenters. The molecule has 4 heteroatoms. The first kappa shape index (κ1) is 13.4. The molecule has 17 heavy (non-hydrogen) atoms. The van der Waals surface area contributed by atoms with E-state index in [1.54, 1.807) is 0 Å². The molecule has 0 saturated heterocycles. The Morgan fingerprint density at radius 2 is 2.41 bits per heavy atom. The first-order valence-electron chi connectivity index (χ1n) is 6.54. The second kappa shape index (κ2) is 6.21. The Kier molecular flexibility index (Phi) is 4.88. The van der Waals surface area contributed by atoms with Crippen molar-refractivity contribution in [3.63, 3.8) is 0 Å². The van der Waals surface area contributed by atoms with Crippen molar-refractivity contribution < 1.29 is 0 Å². The summed E-state index contributed by atoms with van der Waals surface area (Å²) in [5.74, 6) is 1.60. The lowest BCUT2D eigenvalue weighted by molar-refractivity contribution is 0.553. The van der Waals surface area contributed by atoms with Gasteiger partial charge in [0.15, 0.2) is 0 Å². The van der Waals surface area contributed by atoms with Crippen molar-refractivity contribution in [3.05, 3.63) is 15.6 Å². The van der Waals surface area contributed by atoms with Crippen molar-refractivity contribution in [3.8, 4) is 0 Å². The van der Waals surface area contributed by atoms with Crippen LogP contribution in [0.2, 0.25) is 0 Å². The van der Waals surface area contributed by atoms with E-state index >= 15 is 0 Å². The van der Waals surface area contributed by atoms with Crippen molar-refractivity contribution >= 4 is 23.1 Å². The highest BCUT2D eigenvalue weighted by Crippen LogP contribution is 2.35. The molecule has 0 radical (unpaired) electrons. The number of hydrogen-bond donors (Lipinski definition) is 1. The van der Waals surface area contributed by atoms with Gasteiger partial charge in [0, 0.05) is 28.3 Å². The van der Waals surface area contributed by atoms with Crippen LogP contribution in [0.4, 0.5) is 0 Å². The molecule has 96 valence electrons. The summed E-state index contributed by atoms with van der Waals surface area (Å²) in [6.45, 7) is 5.30. The van der Waals surface area contributed by atoms with E-state index in [4.69, 9.17) is 10.7 Å². The molecule has 0 aliphatic heterocycles. The summed E-state index contributed by atoms with van der Waals surface area (Å²) in [4.78, 5) is 6.33. The number of rotatable bonds is 5. The van der Waals surface area contributed by atoms with Gasteiger partial charge in [0.05, 0.1) is 5.69 Å². The highest BCUT2D eigenvalue weighted by molar-refractivity contribution is 7.99. The van der Waals surface area contributed by atoms with Crippen molar-refractivity contribution in [2.75, 3.05) is 6.54 Å². The van der Waals surface area contributed by atoms with Gasteiger partial charge in [0.1, 0.15) is 5.01 Å². The minimum absolute atomic E-state index is 0.525. The molecular formula is C13H22N2S2. The number of fused-ring (bicyclic) bond motifs is 1. The maximum atomic E-state index is 5.83. The number of thioether (sulfide) groups is 1. The molecule has 0 fully saturated rings. The third-order valence-corrected chi connectivity index (χ3v) is 6.12. The van der Waals surface area contributed by atoms with Gasteiger partial charge in [-0.2, -0.15) is 11.8 Å². The molecule has 2 N–H and O–H groups in total. The van der Waals surface area contributed by atoms with Crippen LogP contribution >= 0.6 is 23.1 Å². The maximum absolute atomic E-state index is 5.83. The number of aryl methyl sites for hydroxylation is 1. The minimum atomic E-state index is 0.525. The topological polar surface area (TPSA) is 38.9 Å². The summed E-state index contributed by atoms with van der Waals surface area (Å²) >= 11 is 3.94. The Morgan fingerprint density at radius 3 is 3.12 bits per heavy atom. The maximum Gasteiger partial charge on any atom is 0.103 e. The molecule has 2 rings (SSSR count). The number of nitrogens with zero attached hydrogens (tertiary/aromatic N) is 1. The first-order chi connectivity index (χ1) is 8.24. The largest absolute Gasteiger partial charge is 0.330 e. The van der Waals surface area contributed by atoms with E-state index in [9.17, 15) is 0 Å². The fraction of sp³-hybridized carbons (Fsp3) is 0.769. The molecule has 0 spiro atoms. The van der Waals surface area contributed by atoms with Gasteiger partial charge in [-0.25, -0.2) is 4.98 Å². The lowest BCUT2D eigenvalue weighted by Gasteiger charge is -2.18. The third kappa shape index (κ3) is 3.24. The van der Waals surface area contributed by atoms with Gasteiger partial charge >= 0.3 is 0 Å². The van der Waals surface area contributed by atoms with Crippen LogP contribution in [0, 0.1) is 0 Å². The Hall–Kier alpha value is -0.0600. The number of thiazole rings is 1. The van der Waals surface area contributed by atoms with Crippen molar-refractivity contribution in [1.29, 1.82) is 0 Å². The van der Waals surface area contributed by atoms with Gasteiger partial charge < -0.3 is 5.73 Å². The van der Waals surface area contributed by atoms with E-state index in [2.05, 4.69) is 13.8 Å². The zero-order valence-electron chi connectivity index (χ0n) is 10.7. The number of hydrogen-bond acceptors (Lipinski definition) is 4. The highest BCUT2D eigenvalue weighted by Gasteiger charge is 2.23. The number of nitrogens with two attached hydrogens (primary N) is 1. The fourth-order valence-electron chi connectivity index (χ4n) is 2.18. The monoisotopic (exact) mass is 270 g/mol. The Labute approximate surface area is 112 Å². The van der Waals surface area contributed by atoms with Crippen molar-refractivity contribution in [1.82, 2.24) is 4.98 Å². The molecule has 0 bridgehead atoms. The van der Waals surface area contributed by atoms with Crippen molar-refractivity contribution in [2.24, 2.45) is 5.73 Å². The molecule has 0 aromatic carbocycles. The SMILES string of the molecule is CCC(C)SCc1nc2c(s1)CCCC2CN. The molecule has 1 aromatic rings. The van der Waals surface area contributed by atoms with Crippen LogP contribution in [-0.2, 0) is 12.2 Å². The zero-order valence-corrected chi connectivity index (χ0v) is 12.4. The van der Waals surface area contributed by atoms with Crippen LogP contribution in [0.1, 0.15) is 54.6 Å². The van der Waals surface area contributed by atoms with E-state index in [1.165, 1.54) is 41.3 Å². The van der Waals surface area contributed by atoms with E-state index in [-0.39, 0.29) is 0 Å². The zero-order chi connectivity index (χ0) is 12.3. The smallest absolute Gasteiger partial charge is 0.103 e. The van der Waals surface area contributed by atoms with Crippen LogP contribution in [0.15, 0.2) is 0 Å². The Balaban J connectivity index is 2.03. The Morgan fingerprint density at radius 1 is 1.59 bits per heavy atom. The molecule has 2 nitrogen and oxygen atoms in total. The summed E-state index contributed by atoms with van der Waals surface area (Å²) < 4.78 is 0. The fourth-order valence-corrected chi connectivity index (χ4v) is 4.34. The van der Waals surface area contributed by atoms with Gasteiger partial charge in [-0.1, -0.05) is 13.8 Å². The van der Waals surface area contributed by atoms with Crippen LogP contribution in [0.3, 0.4) is 0 Å². The average Bonchev–Trinajstić information content (AvgIpc) is 2.78. The van der Waals surface area contributed by atoms with Crippen LogP contribution in [0.5, 0.6) is 0 Å².